The zero-order chi connectivity index (χ0) is 22.9. The highest BCUT2D eigenvalue weighted by Crippen LogP contribution is 2.33. The van der Waals surface area contributed by atoms with Crippen LogP contribution in [-0.2, 0) is 4.79 Å². The van der Waals surface area contributed by atoms with Gasteiger partial charge in [-0.2, -0.15) is 9.78 Å². The first-order valence-electron chi connectivity index (χ1n) is 9.23. The van der Waals surface area contributed by atoms with Crippen LogP contribution in [0.2, 0.25) is 5.02 Å². The molecule has 0 amide bonds. The van der Waals surface area contributed by atoms with Gasteiger partial charge in [0.2, 0.25) is 0 Å². The lowest BCUT2D eigenvalue weighted by Crippen LogP contribution is -2.24. The molecular weight excluding hydrogens is 554 g/mol. The van der Waals surface area contributed by atoms with Crippen molar-refractivity contribution in [1.29, 1.82) is 0 Å². The van der Waals surface area contributed by atoms with Crippen molar-refractivity contribution in [3.63, 3.8) is 0 Å². The SMILES string of the molecule is CC(C)c1nc2ccc(Br)cc2c(=O)n1N=Cc1cc(Cl)cc(Br)c1O[C@H](C)C(=O)O. The molecule has 1 atom stereocenters. The van der Waals surface area contributed by atoms with Gasteiger partial charge in [-0.05, 0) is 53.2 Å². The van der Waals surface area contributed by atoms with Gasteiger partial charge < -0.3 is 9.84 Å². The molecule has 0 saturated carbocycles. The van der Waals surface area contributed by atoms with Crippen LogP contribution in [0.25, 0.3) is 10.9 Å². The summed E-state index contributed by atoms with van der Waals surface area (Å²) in [6.45, 7) is 5.24. The van der Waals surface area contributed by atoms with E-state index in [-0.39, 0.29) is 17.2 Å². The average molecular weight is 572 g/mol. The molecule has 1 heterocycles. The minimum Gasteiger partial charge on any atom is -0.479 e. The quantitative estimate of drug-likeness (QED) is 0.398. The second-order valence-corrected chi connectivity index (χ2v) is 9.26. The Morgan fingerprint density at radius 3 is 2.61 bits per heavy atom. The molecule has 3 rings (SSSR count). The number of halogens is 3. The molecule has 0 aliphatic rings. The van der Waals surface area contributed by atoms with E-state index >= 15 is 0 Å². The largest absolute Gasteiger partial charge is 0.479 e. The van der Waals surface area contributed by atoms with Crippen LogP contribution >= 0.6 is 43.5 Å². The number of aliphatic carboxylic acids is 1. The lowest BCUT2D eigenvalue weighted by molar-refractivity contribution is -0.144. The second-order valence-electron chi connectivity index (χ2n) is 7.05. The van der Waals surface area contributed by atoms with Crippen LogP contribution in [0.3, 0.4) is 0 Å². The number of hydrogen-bond donors (Lipinski definition) is 1. The lowest BCUT2D eigenvalue weighted by atomic mass is 10.2. The van der Waals surface area contributed by atoms with Gasteiger partial charge in [0.1, 0.15) is 11.6 Å². The maximum absolute atomic E-state index is 13.2. The predicted molar refractivity (Wildman–Crippen MR) is 128 cm³/mol. The molecule has 3 aromatic rings. The van der Waals surface area contributed by atoms with Crippen LogP contribution in [-0.4, -0.2) is 33.1 Å². The van der Waals surface area contributed by atoms with E-state index in [1.807, 2.05) is 19.9 Å². The van der Waals surface area contributed by atoms with Gasteiger partial charge in [-0.3, -0.25) is 4.79 Å². The molecule has 0 saturated heterocycles. The van der Waals surface area contributed by atoms with Gasteiger partial charge in [0, 0.05) is 21.0 Å². The highest BCUT2D eigenvalue weighted by Gasteiger charge is 2.18. The summed E-state index contributed by atoms with van der Waals surface area (Å²) in [5, 5.41) is 14.4. The van der Waals surface area contributed by atoms with Gasteiger partial charge in [-0.15, -0.1) is 0 Å². The molecule has 2 aromatic carbocycles. The number of carboxylic acids is 1. The van der Waals surface area contributed by atoms with E-state index in [0.717, 1.165) is 4.47 Å². The fourth-order valence-electron chi connectivity index (χ4n) is 2.80. The molecule has 1 aromatic heterocycles. The van der Waals surface area contributed by atoms with Crippen molar-refractivity contribution in [1.82, 2.24) is 9.66 Å². The maximum Gasteiger partial charge on any atom is 0.344 e. The summed E-state index contributed by atoms with van der Waals surface area (Å²) in [6, 6.07) is 8.45. The molecule has 0 spiro atoms. The molecule has 0 aliphatic heterocycles. The first-order chi connectivity index (χ1) is 14.6. The van der Waals surface area contributed by atoms with E-state index in [2.05, 4.69) is 41.9 Å². The minimum atomic E-state index is -1.12. The van der Waals surface area contributed by atoms with Gasteiger partial charge in [-0.25, -0.2) is 9.78 Å². The minimum absolute atomic E-state index is 0.0771. The van der Waals surface area contributed by atoms with Crippen molar-refractivity contribution >= 4 is 66.5 Å². The first kappa shape index (κ1) is 23.4. The number of aromatic nitrogens is 2. The number of nitrogens with zero attached hydrogens (tertiary/aromatic N) is 3. The standard InChI is InChI=1S/C21H18Br2ClN3O4/c1-10(2)19-26-17-5-4-13(22)7-15(17)20(28)27(19)25-9-12-6-14(24)8-16(23)18(12)31-11(3)21(29)30/h4-11H,1-3H3,(H,29,30)/t11-/m1/s1. The third-order valence-corrected chi connectivity index (χ3v) is 5.64. The van der Waals surface area contributed by atoms with E-state index in [1.165, 1.54) is 17.8 Å². The summed E-state index contributed by atoms with van der Waals surface area (Å²) < 4.78 is 8.02. The molecule has 10 heteroatoms. The summed E-state index contributed by atoms with van der Waals surface area (Å²) in [4.78, 5) is 29.0. The van der Waals surface area contributed by atoms with Crippen molar-refractivity contribution in [2.24, 2.45) is 5.10 Å². The Morgan fingerprint density at radius 1 is 1.26 bits per heavy atom. The molecule has 1 N–H and O–H groups in total. The molecule has 0 bridgehead atoms. The number of fused-ring (bicyclic) bond motifs is 1. The molecule has 0 unspecified atom stereocenters. The first-order valence-corrected chi connectivity index (χ1v) is 11.2. The van der Waals surface area contributed by atoms with Crippen molar-refractivity contribution < 1.29 is 14.6 Å². The number of ether oxygens (including phenoxy) is 1. The molecule has 0 radical (unpaired) electrons. The number of carbonyl (C=O) groups is 1. The normalized spacial score (nSPS) is 12.6. The van der Waals surface area contributed by atoms with E-state index in [4.69, 9.17) is 16.3 Å². The Morgan fingerprint density at radius 2 is 1.97 bits per heavy atom. The zero-order valence-corrected chi connectivity index (χ0v) is 20.7. The average Bonchev–Trinajstić information content (AvgIpc) is 2.69. The topological polar surface area (TPSA) is 93.8 Å². The third-order valence-electron chi connectivity index (χ3n) is 4.34. The van der Waals surface area contributed by atoms with Crippen LogP contribution in [0.5, 0.6) is 5.75 Å². The third kappa shape index (κ3) is 5.16. The predicted octanol–water partition coefficient (Wildman–Crippen LogP) is 5.43. The monoisotopic (exact) mass is 569 g/mol. The zero-order valence-electron chi connectivity index (χ0n) is 16.8. The van der Waals surface area contributed by atoms with Crippen molar-refractivity contribution in [3.05, 3.63) is 66.0 Å². The van der Waals surface area contributed by atoms with E-state index in [9.17, 15) is 14.7 Å². The van der Waals surface area contributed by atoms with Crippen molar-refractivity contribution in [3.8, 4) is 5.75 Å². The van der Waals surface area contributed by atoms with Crippen molar-refractivity contribution in [2.75, 3.05) is 0 Å². The molecule has 31 heavy (non-hydrogen) atoms. The molecule has 0 fully saturated rings. The smallest absolute Gasteiger partial charge is 0.344 e. The summed E-state index contributed by atoms with van der Waals surface area (Å²) in [5.74, 6) is -0.462. The summed E-state index contributed by atoms with van der Waals surface area (Å²) in [5.41, 5.74) is 0.658. The Bertz CT molecular complexity index is 1260. The van der Waals surface area contributed by atoms with Gasteiger partial charge in [-0.1, -0.05) is 41.4 Å². The lowest BCUT2D eigenvalue weighted by Gasteiger charge is -2.15. The summed E-state index contributed by atoms with van der Waals surface area (Å²) >= 11 is 12.9. The molecule has 0 aliphatic carbocycles. The van der Waals surface area contributed by atoms with Gasteiger partial charge in [0.05, 0.1) is 21.6 Å². The number of rotatable bonds is 6. The highest BCUT2D eigenvalue weighted by atomic mass is 79.9. The van der Waals surface area contributed by atoms with Crippen molar-refractivity contribution in [2.45, 2.75) is 32.8 Å². The fraction of sp³-hybridized carbons (Fsp3) is 0.238. The molecule has 7 nitrogen and oxygen atoms in total. The highest BCUT2D eigenvalue weighted by molar-refractivity contribution is 9.10. The van der Waals surface area contributed by atoms with Gasteiger partial charge >= 0.3 is 5.97 Å². The van der Waals surface area contributed by atoms with E-state index in [0.29, 0.717) is 31.8 Å². The molecular formula is C21H18Br2ClN3O4. The fourth-order valence-corrected chi connectivity index (χ4v) is 4.09. The van der Waals surface area contributed by atoms with Crippen LogP contribution in [0, 0.1) is 0 Å². The van der Waals surface area contributed by atoms with Crippen LogP contribution < -0.4 is 10.3 Å². The van der Waals surface area contributed by atoms with E-state index < -0.39 is 12.1 Å². The van der Waals surface area contributed by atoms with Crippen LogP contribution in [0.1, 0.15) is 38.1 Å². The summed E-state index contributed by atoms with van der Waals surface area (Å²) in [7, 11) is 0. The van der Waals surface area contributed by atoms with Gasteiger partial charge in [0.25, 0.3) is 5.56 Å². The Balaban J connectivity index is 2.17. The Kier molecular flexibility index (Phi) is 7.18. The second kappa shape index (κ2) is 9.50. The number of hydrogen-bond acceptors (Lipinski definition) is 5. The maximum atomic E-state index is 13.2. The van der Waals surface area contributed by atoms with E-state index in [1.54, 1.807) is 24.3 Å². The Labute approximate surface area is 200 Å². The summed E-state index contributed by atoms with van der Waals surface area (Å²) in [6.07, 6.45) is 0.303. The van der Waals surface area contributed by atoms with Crippen LogP contribution in [0.4, 0.5) is 0 Å². The molecule has 162 valence electrons. The Hall–Kier alpha value is -2.23. The van der Waals surface area contributed by atoms with Gasteiger partial charge in [0.15, 0.2) is 6.10 Å². The number of benzene rings is 2. The number of carboxylic acid groups (broad SMARTS) is 1. The van der Waals surface area contributed by atoms with Crippen LogP contribution in [0.15, 0.2) is 49.2 Å².